The van der Waals surface area contributed by atoms with Gasteiger partial charge in [0.25, 0.3) is 0 Å². The van der Waals surface area contributed by atoms with Gasteiger partial charge in [-0.3, -0.25) is 0 Å². The van der Waals surface area contributed by atoms with Crippen molar-refractivity contribution in [2.75, 3.05) is 6.61 Å². The van der Waals surface area contributed by atoms with Crippen LogP contribution in [0.4, 0.5) is 0 Å². The molecule has 1 atom stereocenters. The molecule has 0 saturated carbocycles. The molecule has 14 heavy (non-hydrogen) atoms. The molecule has 0 radical (unpaired) electrons. The van der Waals surface area contributed by atoms with Crippen LogP contribution in [-0.2, 0) is 10.3 Å². The Hall–Kier alpha value is -0.860. The van der Waals surface area contributed by atoms with Crippen LogP contribution in [0, 0.1) is 0 Å². The first-order valence-electron chi connectivity index (χ1n) is 4.92. The molecule has 0 aromatic heterocycles. The summed E-state index contributed by atoms with van der Waals surface area (Å²) in [5.74, 6) is 0. The van der Waals surface area contributed by atoms with E-state index in [0.29, 0.717) is 6.61 Å². The Morgan fingerprint density at radius 1 is 1.29 bits per heavy atom. The van der Waals surface area contributed by atoms with E-state index in [4.69, 9.17) is 4.74 Å². The van der Waals surface area contributed by atoms with Gasteiger partial charge in [0.15, 0.2) is 0 Å². The molecule has 1 N–H and O–H groups in total. The van der Waals surface area contributed by atoms with E-state index in [1.807, 2.05) is 44.2 Å². The van der Waals surface area contributed by atoms with Crippen molar-refractivity contribution >= 4 is 0 Å². The van der Waals surface area contributed by atoms with Crippen molar-refractivity contribution in [2.24, 2.45) is 0 Å². The van der Waals surface area contributed by atoms with Gasteiger partial charge < -0.3 is 9.84 Å². The van der Waals surface area contributed by atoms with Crippen molar-refractivity contribution in [3.63, 3.8) is 0 Å². The monoisotopic (exact) mass is 194 g/mol. The fourth-order valence-electron chi connectivity index (χ4n) is 1.21. The maximum atomic E-state index is 10.1. The van der Waals surface area contributed by atoms with Gasteiger partial charge in [0.2, 0.25) is 0 Å². The third-order valence-electron chi connectivity index (χ3n) is 2.09. The second kappa shape index (κ2) is 4.58. The van der Waals surface area contributed by atoms with Crippen LogP contribution in [-0.4, -0.2) is 17.8 Å². The topological polar surface area (TPSA) is 29.5 Å². The first kappa shape index (κ1) is 11.2. The maximum Gasteiger partial charge on any atom is 0.110 e. The number of rotatable bonds is 4. The Balaban J connectivity index is 2.66. The zero-order valence-corrected chi connectivity index (χ0v) is 9.03. The lowest BCUT2D eigenvalue weighted by atomic mass is 9.97. The van der Waals surface area contributed by atoms with Crippen LogP contribution in [0.5, 0.6) is 0 Å². The predicted octanol–water partition coefficient (Wildman–Crippen LogP) is 2.32. The van der Waals surface area contributed by atoms with E-state index < -0.39 is 5.60 Å². The summed E-state index contributed by atoms with van der Waals surface area (Å²) in [4.78, 5) is 0. The molecule has 0 fully saturated rings. The lowest BCUT2D eigenvalue weighted by molar-refractivity contribution is -0.0574. The van der Waals surface area contributed by atoms with E-state index in [9.17, 15) is 5.11 Å². The van der Waals surface area contributed by atoms with E-state index >= 15 is 0 Å². The van der Waals surface area contributed by atoms with E-state index in [2.05, 4.69) is 0 Å². The van der Waals surface area contributed by atoms with Gasteiger partial charge in [-0.15, -0.1) is 0 Å². The molecule has 2 nitrogen and oxygen atoms in total. The SMILES string of the molecule is CC(C)OCC(C)(O)c1ccccc1. The van der Waals surface area contributed by atoms with Gasteiger partial charge in [0, 0.05) is 0 Å². The molecule has 0 amide bonds. The maximum absolute atomic E-state index is 10.1. The summed E-state index contributed by atoms with van der Waals surface area (Å²) in [6.07, 6.45) is 0.144. The molecule has 0 aliphatic rings. The van der Waals surface area contributed by atoms with Crippen molar-refractivity contribution in [1.29, 1.82) is 0 Å². The summed E-state index contributed by atoms with van der Waals surface area (Å²) < 4.78 is 5.41. The highest BCUT2D eigenvalue weighted by atomic mass is 16.5. The number of aliphatic hydroxyl groups is 1. The van der Waals surface area contributed by atoms with Crippen molar-refractivity contribution in [3.05, 3.63) is 35.9 Å². The normalized spacial score (nSPS) is 15.5. The van der Waals surface area contributed by atoms with Crippen LogP contribution >= 0.6 is 0 Å². The van der Waals surface area contributed by atoms with Crippen molar-refractivity contribution in [2.45, 2.75) is 32.5 Å². The second-order valence-electron chi connectivity index (χ2n) is 4.00. The summed E-state index contributed by atoms with van der Waals surface area (Å²) in [6.45, 7) is 6.02. The molecule has 78 valence electrons. The molecular formula is C12H18O2. The Bertz CT molecular complexity index is 265. The van der Waals surface area contributed by atoms with E-state index in [0.717, 1.165) is 5.56 Å². The Morgan fingerprint density at radius 2 is 1.86 bits per heavy atom. The van der Waals surface area contributed by atoms with E-state index in [-0.39, 0.29) is 6.10 Å². The summed E-state index contributed by atoms with van der Waals surface area (Å²) in [6, 6.07) is 9.58. The van der Waals surface area contributed by atoms with Gasteiger partial charge in [0.05, 0.1) is 12.7 Å². The van der Waals surface area contributed by atoms with E-state index in [1.54, 1.807) is 6.92 Å². The molecule has 0 aliphatic heterocycles. The van der Waals surface area contributed by atoms with Crippen molar-refractivity contribution < 1.29 is 9.84 Å². The molecule has 0 bridgehead atoms. The molecule has 0 heterocycles. The number of hydrogen-bond acceptors (Lipinski definition) is 2. The standard InChI is InChI=1S/C12H18O2/c1-10(2)14-9-12(3,13)11-7-5-4-6-8-11/h4-8,10,13H,9H2,1-3H3. The number of benzene rings is 1. The Labute approximate surface area is 85.5 Å². The first-order chi connectivity index (χ1) is 6.52. The fourth-order valence-corrected chi connectivity index (χ4v) is 1.21. The molecule has 1 unspecified atom stereocenters. The largest absolute Gasteiger partial charge is 0.383 e. The summed E-state index contributed by atoms with van der Waals surface area (Å²) >= 11 is 0. The molecule has 0 saturated heterocycles. The minimum Gasteiger partial charge on any atom is -0.383 e. The van der Waals surface area contributed by atoms with Gasteiger partial charge in [-0.2, -0.15) is 0 Å². The predicted molar refractivity (Wildman–Crippen MR) is 57.1 cm³/mol. The Kier molecular flexibility index (Phi) is 3.67. The van der Waals surface area contributed by atoms with E-state index in [1.165, 1.54) is 0 Å². The molecule has 1 aromatic rings. The molecule has 2 heteroatoms. The van der Waals surface area contributed by atoms with Crippen LogP contribution < -0.4 is 0 Å². The molecule has 1 rings (SSSR count). The Morgan fingerprint density at radius 3 is 2.36 bits per heavy atom. The van der Waals surface area contributed by atoms with Gasteiger partial charge in [-0.1, -0.05) is 30.3 Å². The van der Waals surface area contributed by atoms with Gasteiger partial charge in [-0.05, 0) is 26.3 Å². The van der Waals surface area contributed by atoms with Crippen LogP contribution in [0.3, 0.4) is 0 Å². The molecular weight excluding hydrogens is 176 g/mol. The number of ether oxygens (including phenoxy) is 1. The van der Waals surface area contributed by atoms with Gasteiger partial charge in [0.1, 0.15) is 5.60 Å². The van der Waals surface area contributed by atoms with Crippen LogP contribution in [0.2, 0.25) is 0 Å². The van der Waals surface area contributed by atoms with Gasteiger partial charge in [-0.25, -0.2) is 0 Å². The zero-order valence-electron chi connectivity index (χ0n) is 9.03. The zero-order chi connectivity index (χ0) is 10.6. The van der Waals surface area contributed by atoms with Crippen LogP contribution in [0.25, 0.3) is 0 Å². The minimum atomic E-state index is -0.897. The first-order valence-corrected chi connectivity index (χ1v) is 4.92. The fraction of sp³-hybridized carbons (Fsp3) is 0.500. The highest BCUT2D eigenvalue weighted by Crippen LogP contribution is 2.20. The molecule has 0 spiro atoms. The summed E-state index contributed by atoms with van der Waals surface area (Å²) in [5, 5.41) is 10.1. The second-order valence-corrected chi connectivity index (χ2v) is 4.00. The molecule has 1 aromatic carbocycles. The minimum absolute atomic E-state index is 0.144. The average molecular weight is 194 g/mol. The summed E-state index contributed by atoms with van der Waals surface area (Å²) in [7, 11) is 0. The van der Waals surface area contributed by atoms with Crippen molar-refractivity contribution in [1.82, 2.24) is 0 Å². The summed E-state index contributed by atoms with van der Waals surface area (Å²) in [5.41, 5.74) is -0.00780. The van der Waals surface area contributed by atoms with Crippen LogP contribution in [0.15, 0.2) is 30.3 Å². The lowest BCUT2D eigenvalue weighted by Gasteiger charge is -2.24. The third-order valence-corrected chi connectivity index (χ3v) is 2.09. The average Bonchev–Trinajstić information content (AvgIpc) is 2.16. The van der Waals surface area contributed by atoms with Crippen LogP contribution in [0.1, 0.15) is 26.3 Å². The third kappa shape index (κ3) is 3.13. The smallest absolute Gasteiger partial charge is 0.110 e. The van der Waals surface area contributed by atoms with Gasteiger partial charge >= 0.3 is 0 Å². The highest BCUT2D eigenvalue weighted by Gasteiger charge is 2.23. The lowest BCUT2D eigenvalue weighted by Crippen LogP contribution is -2.29. The van der Waals surface area contributed by atoms with Crippen molar-refractivity contribution in [3.8, 4) is 0 Å². The molecule has 0 aliphatic carbocycles. The number of hydrogen-bond donors (Lipinski definition) is 1. The highest BCUT2D eigenvalue weighted by molar-refractivity contribution is 5.21. The quantitative estimate of drug-likeness (QED) is 0.797.